The first-order valence-electron chi connectivity index (χ1n) is 7.28. The number of alkyl halides is 3. The number of nitrogens with zero attached hydrogens (tertiary/aromatic N) is 3. The summed E-state index contributed by atoms with van der Waals surface area (Å²) in [5, 5.41) is 2.58. The van der Waals surface area contributed by atoms with E-state index in [1.165, 1.54) is 24.7 Å². The molecular formula is C17H11F3N4O2. The normalized spacial score (nSPS) is 11.0. The van der Waals surface area contributed by atoms with Gasteiger partial charge in [0.25, 0.3) is 5.91 Å². The van der Waals surface area contributed by atoms with Crippen molar-refractivity contribution in [3.05, 3.63) is 67.0 Å². The van der Waals surface area contributed by atoms with Gasteiger partial charge in [0.05, 0.1) is 5.56 Å². The zero-order chi connectivity index (χ0) is 18.6. The third-order valence-electron chi connectivity index (χ3n) is 3.24. The van der Waals surface area contributed by atoms with Crippen LogP contribution in [0, 0.1) is 0 Å². The summed E-state index contributed by atoms with van der Waals surface area (Å²) in [6.07, 6.45) is 2.75. The van der Waals surface area contributed by atoms with E-state index in [9.17, 15) is 18.0 Å². The van der Waals surface area contributed by atoms with Crippen LogP contribution in [0.1, 0.15) is 10.4 Å². The van der Waals surface area contributed by atoms with Crippen LogP contribution in [0.3, 0.4) is 0 Å². The van der Waals surface area contributed by atoms with Crippen molar-refractivity contribution in [2.24, 2.45) is 0 Å². The molecule has 0 bridgehead atoms. The summed E-state index contributed by atoms with van der Waals surface area (Å²) in [4.78, 5) is 24.1. The van der Waals surface area contributed by atoms with Gasteiger partial charge in [-0.1, -0.05) is 0 Å². The molecule has 1 amide bonds. The molecule has 6 nitrogen and oxygen atoms in total. The Hall–Kier alpha value is -3.49. The number of amides is 1. The van der Waals surface area contributed by atoms with Gasteiger partial charge in [0, 0.05) is 41.6 Å². The van der Waals surface area contributed by atoms with Crippen LogP contribution < -0.4 is 10.1 Å². The number of ether oxygens (including phenoxy) is 1. The van der Waals surface area contributed by atoms with Crippen molar-refractivity contribution in [3.63, 3.8) is 0 Å². The van der Waals surface area contributed by atoms with Gasteiger partial charge in [-0.2, -0.15) is 0 Å². The van der Waals surface area contributed by atoms with E-state index in [2.05, 4.69) is 25.0 Å². The van der Waals surface area contributed by atoms with Gasteiger partial charge in [0.15, 0.2) is 0 Å². The Morgan fingerprint density at radius 1 is 0.923 bits per heavy atom. The lowest BCUT2D eigenvalue weighted by atomic mass is 10.1. The van der Waals surface area contributed by atoms with Crippen LogP contribution >= 0.6 is 0 Å². The molecule has 2 aromatic heterocycles. The van der Waals surface area contributed by atoms with Crippen LogP contribution in [0.2, 0.25) is 0 Å². The molecule has 1 aromatic carbocycles. The van der Waals surface area contributed by atoms with Gasteiger partial charge in [0.2, 0.25) is 0 Å². The maximum absolute atomic E-state index is 12.3. The fourth-order valence-corrected chi connectivity index (χ4v) is 2.11. The van der Waals surface area contributed by atoms with E-state index in [4.69, 9.17) is 0 Å². The molecule has 0 unspecified atom stereocenters. The number of pyridine rings is 1. The Bertz CT molecular complexity index is 900. The van der Waals surface area contributed by atoms with Gasteiger partial charge < -0.3 is 10.1 Å². The number of hydrogen-bond acceptors (Lipinski definition) is 5. The summed E-state index contributed by atoms with van der Waals surface area (Å²) in [6.45, 7) is 0. The van der Waals surface area contributed by atoms with Gasteiger partial charge >= 0.3 is 6.36 Å². The molecule has 0 fully saturated rings. The summed E-state index contributed by atoms with van der Waals surface area (Å²) >= 11 is 0. The minimum absolute atomic E-state index is 0.280. The first kappa shape index (κ1) is 17.3. The van der Waals surface area contributed by atoms with E-state index in [0.717, 1.165) is 12.1 Å². The molecule has 0 atom stereocenters. The Kier molecular flexibility index (Phi) is 4.78. The van der Waals surface area contributed by atoms with Crippen LogP contribution in [0.15, 0.2) is 61.4 Å². The highest BCUT2D eigenvalue weighted by atomic mass is 19.4. The third kappa shape index (κ3) is 4.53. The van der Waals surface area contributed by atoms with Crippen LogP contribution in [0.25, 0.3) is 11.1 Å². The van der Waals surface area contributed by atoms with E-state index >= 15 is 0 Å². The van der Waals surface area contributed by atoms with E-state index in [1.54, 1.807) is 24.7 Å². The summed E-state index contributed by atoms with van der Waals surface area (Å²) in [5.74, 6) is -0.830. The van der Waals surface area contributed by atoms with E-state index < -0.39 is 12.3 Å². The number of halogens is 3. The number of aromatic nitrogens is 3. The third-order valence-corrected chi connectivity index (χ3v) is 3.24. The molecule has 0 saturated heterocycles. The molecular weight excluding hydrogens is 349 g/mol. The molecule has 0 aliphatic heterocycles. The van der Waals surface area contributed by atoms with Gasteiger partial charge in [-0.05, 0) is 30.3 Å². The molecule has 132 valence electrons. The van der Waals surface area contributed by atoms with Crippen LogP contribution in [-0.4, -0.2) is 27.2 Å². The summed E-state index contributed by atoms with van der Waals surface area (Å²) in [6, 6.07) is 6.45. The lowest BCUT2D eigenvalue weighted by Crippen LogP contribution is -2.17. The summed E-state index contributed by atoms with van der Waals surface area (Å²) in [7, 11) is 0. The zero-order valence-electron chi connectivity index (χ0n) is 13.1. The number of hydrogen-bond donors (Lipinski definition) is 1. The van der Waals surface area contributed by atoms with E-state index in [0.29, 0.717) is 16.8 Å². The monoisotopic (exact) mass is 360 g/mol. The molecule has 9 heteroatoms. The fourth-order valence-electron chi connectivity index (χ4n) is 2.11. The Morgan fingerprint density at radius 3 is 2.23 bits per heavy atom. The predicted octanol–water partition coefficient (Wildman–Crippen LogP) is 3.69. The minimum atomic E-state index is -4.77. The van der Waals surface area contributed by atoms with Crippen molar-refractivity contribution in [3.8, 4) is 16.9 Å². The second kappa shape index (κ2) is 7.18. The molecule has 0 saturated carbocycles. The van der Waals surface area contributed by atoms with Gasteiger partial charge in [-0.25, -0.2) is 9.97 Å². The smallest absolute Gasteiger partial charge is 0.406 e. The average Bonchev–Trinajstić information content (AvgIpc) is 2.63. The van der Waals surface area contributed by atoms with Crippen LogP contribution in [0.5, 0.6) is 5.75 Å². The zero-order valence-corrected chi connectivity index (χ0v) is 13.1. The second-order valence-corrected chi connectivity index (χ2v) is 5.12. The quantitative estimate of drug-likeness (QED) is 0.768. The molecule has 0 aliphatic rings. The first-order chi connectivity index (χ1) is 12.4. The standard InChI is InChI=1S/C17H11F3N4O2/c18-17(19,20)26-15-3-1-14(2-4-15)24-16(25)12-5-11(6-21-7-12)13-8-22-10-23-9-13/h1-10H,(H,24,25). The molecule has 3 aromatic rings. The largest absolute Gasteiger partial charge is 0.573 e. The number of rotatable bonds is 4. The minimum Gasteiger partial charge on any atom is -0.406 e. The van der Waals surface area contributed by atoms with E-state index in [-0.39, 0.29) is 11.3 Å². The Balaban J connectivity index is 1.72. The first-order valence-corrected chi connectivity index (χ1v) is 7.28. The number of carbonyl (C=O) groups excluding carboxylic acids is 1. The van der Waals surface area contributed by atoms with Crippen molar-refractivity contribution in [2.75, 3.05) is 5.32 Å². The molecule has 0 spiro atoms. The second-order valence-electron chi connectivity index (χ2n) is 5.12. The lowest BCUT2D eigenvalue weighted by Gasteiger charge is -2.10. The Labute approximate surface area is 145 Å². The molecule has 3 rings (SSSR count). The van der Waals surface area contributed by atoms with Crippen LogP contribution in [-0.2, 0) is 0 Å². The maximum Gasteiger partial charge on any atom is 0.573 e. The number of nitrogens with one attached hydrogen (secondary N) is 1. The Morgan fingerprint density at radius 2 is 1.58 bits per heavy atom. The molecule has 26 heavy (non-hydrogen) atoms. The highest BCUT2D eigenvalue weighted by molar-refractivity contribution is 6.04. The summed E-state index contributed by atoms with van der Waals surface area (Å²) in [5.41, 5.74) is 1.95. The number of anilines is 1. The van der Waals surface area contributed by atoms with Gasteiger partial charge in [-0.3, -0.25) is 9.78 Å². The van der Waals surface area contributed by atoms with Crippen molar-refractivity contribution in [1.29, 1.82) is 0 Å². The highest BCUT2D eigenvalue weighted by Crippen LogP contribution is 2.24. The van der Waals surface area contributed by atoms with Crippen molar-refractivity contribution >= 4 is 11.6 Å². The average molecular weight is 360 g/mol. The summed E-state index contributed by atoms with van der Waals surface area (Å²) < 4.78 is 40.2. The fraction of sp³-hybridized carbons (Fsp3) is 0.0588. The SMILES string of the molecule is O=C(Nc1ccc(OC(F)(F)F)cc1)c1cncc(-c2cncnc2)c1. The molecule has 1 N–H and O–H groups in total. The van der Waals surface area contributed by atoms with Gasteiger partial charge in [0.1, 0.15) is 12.1 Å². The van der Waals surface area contributed by atoms with Crippen molar-refractivity contribution in [1.82, 2.24) is 15.0 Å². The molecule has 0 radical (unpaired) electrons. The number of benzene rings is 1. The number of carbonyl (C=O) groups is 1. The maximum atomic E-state index is 12.3. The topological polar surface area (TPSA) is 77.0 Å². The predicted molar refractivity (Wildman–Crippen MR) is 86.3 cm³/mol. The van der Waals surface area contributed by atoms with Crippen LogP contribution in [0.4, 0.5) is 18.9 Å². The lowest BCUT2D eigenvalue weighted by molar-refractivity contribution is -0.274. The molecule has 2 heterocycles. The van der Waals surface area contributed by atoms with Crippen molar-refractivity contribution in [2.45, 2.75) is 6.36 Å². The van der Waals surface area contributed by atoms with E-state index in [1.807, 2.05) is 0 Å². The highest BCUT2D eigenvalue weighted by Gasteiger charge is 2.30. The van der Waals surface area contributed by atoms with Gasteiger partial charge in [-0.15, -0.1) is 13.2 Å². The van der Waals surface area contributed by atoms with Crippen molar-refractivity contribution < 1.29 is 22.7 Å². The molecule has 0 aliphatic carbocycles.